The molecule has 6 nitrogen and oxygen atoms in total. The summed E-state index contributed by atoms with van der Waals surface area (Å²) in [6.07, 6.45) is 4.87. The third-order valence-corrected chi connectivity index (χ3v) is 6.94. The van der Waals surface area contributed by atoms with E-state index < -0.39 is 10.0 Å². The molecule has 0 radical (unpaired) electrons. The second-order valence-electron chi connectivity index (χ2n) is 6.79. The highest BCUT2D eigenvalue weighted by molar-refractivity contribution is 7.89. The molecule has 2 saturated heterocycles. The number of benzene rings is 1. The van der Waals surface area contributed by atoms with E-state index in [2.05, 4.69) is 5.32 Å². The highest BCUT2D eigenvalue weighted by Gasteiger charge is 2.28. The van der Waals surface area contributed by atoms with E-state index in [-0.39, 0.29) is 16.9 Å². The molecule has 1 atom stereocenters. The fourth-order valence-electron chi connectivity index (χ4n) is 3.38. The maximum absolute atomic E-state index is 12.9. The smallest absolute Gasteiger partial charge is 0.251 e. The first-order valence-electron chi connectivity index (χ1n) is 8.99. The largest absolute Gasteiger partial charge is 0.376 e. The summed E-state index contributed by atoms with van der Waals surface area (Å²) in [5.41, 5.74) is 1.04. The predicted molar refractivity (Wildman–Crippen MR) is 95.1 cm³/mol. The lowest BCUT2D eigenvalue weighted by Gasteiger charge is -2.26. The van der Waals surface area contributed by atoms with Crippen molar-refractivity contribution in [2.24, 2.45) is 0 Å². The molecule has 1 amide bonds. The van der Waals surface area contributed by atoms with Gasteiger partial charge < -0.3 is 10.1 Å². The van der Waals surface area contributed by atoms with E-state index >= 15 is 0 Å². The lowest BCUT2D eigenvalue weighted by molar-refractivity contribution is 0.0857. The van der Waals surface area contributed by atoms with Crippen LogP contribution in [0.3, 0.4) is 0 Å². The van der Waals surface area contributed by atoms with Crippen LogP contribution in [0.4, 0.5) is 0 Å². The Morgan fingerprint density at radius 1 is 1.24 bits per heavy atom. The summed E-state index contributed by atoms with van der Waals surface area (Å²) in [5.74, 6) is -0.259. The second kappa shape index (κ2) is 7.85. The Morgan fingerprint density at radius 2 is 2.00 bits per heavy atom. The summed E-state index contributed by atoms with van der Waals surface area (Å²) in [4.78, 5) is 12.6. The molecule has 138 valence electrons. The van der Waals surface area contributed by atoms with E-state index in [1.165, 1.54) is 10.4 Å². The average molecular weight is 366 g/mol. The molecule has 25 heavy (non-hydrogen) atoms. The van der Waals surface area contributed by atoms with Crippen molar-refractivity contribution < 1.29 is 17.9 Å². The van der Waals surface area contributed by atoms with Crippen molar-refractivity contribution in [1.82, 2.24) is 9.62 Å². The number of hydrogen-bond donors (Lipinski definition) is 1. The number of piperidine rings is 1. The van der Waals surface area contributed by atoms with E-state index in [9.17, 15) is 13.2 Å². The van der Waals surface area contributed by atoms with Crippen molar-refractivity contribution in [3.63, 3.8) is 0 Å². The monoisotopic (exact) mass is 366 g/mol. The van der Waals surface area contributed by atoms with Gasteiger partial charge in [-0.25, -0.2) is 8.42 Å². The van der Waals surface area contributed by atoms with Gasteiger partial charge in [0.1, 0.15) is 0 Å². The molecule has 2 aliphatic rings. The van der Waals surface area contributed by atoms with Gasteiger partial charge in [0.25, 0.3) is 5.91 Å². The van der Waals surface area contributed by atoms with E-state index in [0.717, 1.165) is 38.7 Å². The van der Waals surface area contributed by atoms with Gasteiger partial charge >= 0.3 is 0 Å². The summed E-state index contributed by atoms with van der Waals surface area (Å²) < 4.78 is 32.9. The van der Waals surface area contributed by atoms with Crippen LogP contribution in [-0.4, -0.2) is 51.0 Å². The third-order valence-electron chi connectivity index (χ3n) is 4.90. The summed E-state index contributed by atoms with van der Waals surface area (Å²) in [6, 6.07) is 4.89. The van der Waals surface area contributed by atoms with Crippen LogP contribution >= 0.6 is 0 Å². The summed E-state index contributed by atoms with van der Waals surface area (Å²) in [6.45, 7) is 4.07. The Bertz CT molecular complexity index is 721. The fourth-order valence-corrected chi connectivity index (χ4v) is 5.15. The molecule has 0 aliphatic carbocycles. The van der Waals surface area contributed by atoms with Crippen molar-refractivity contribution in [3.05, 3.63) is 29.3 Å². The van der Waals surface area contributed by atoms with Crippen molar-refractivity contribution in [3.8, 4) is 0 Å². The quantitative estimate of drug-likeness (QED) is 0.866. The zero-order valence-corrected chi connectivity index (χ0v) is 15.5. The van der Waals surface area contributed by atoms with Crippen molar-refractivity contribution in [2.45, 2.75) is 50.0 Å². The van der Waals surface area contributed by atoms with Crippen LogP contribution in [0.15, 0.2) is 23.1 Å². The van der Waals surface area contributed by atoms with Crippen molar-refractivity contribution >= 4 is 15.9 Å². The lowest BCUT2D eigenvalue weighted by atomic mass is 10.1. The molecule has 1 N–H and O–H groups in total. The number of ether oxygens (including phenoxy) is 1. The Labute approximate surface area is 149 Å². The van der Waals surface area contributed by atoms with Gasteiger partial charge in [0.05, 0.1) is 11.0 Å². The number of sulfonamides is 1. The Kier molecular flexibility index (Phi) is 5.76. The molecule has 0 bridgehead atoms. The van der Waals surface area contributed by atoms with E-state index in [4.69, 9.17) is 4.74 Å². The van der Waals surface area contributed by atoms with Crippen LogP contribution in [0.1, 0.15) is 48.0 Å². The normalized spacial score (nSPS) is 22.0. The van der Waals surface area contributed by atoms with Crippen LogP contribution in [-0.2, 0) is 14.8 Å². The Balaban J connectivity index is 1.76. The summed E-state index contributed by atoms with van der Waals surface area (Å²) in [5, 5.41) is 2.85. The molecule has 0 spiro atoms. The number of nitrogens with zero attached hydrogens (tertiary/aromatic N) is 1. The van der Waals surface area contributed by atoms with Crippen LogP contribution in [0.5, 0.6) is 0 Å². The number of nitrogens with one attached hydrogen (secondary N) is 1. The Hall–Kier alpha value is -1.44. The maximum atomic E-state index is 12.9. The molecule has 1 aromatic carbocycles. The van der Waals surface area contributed by atoms with Gasteiger partial charge in [-0.1, -0.05) is 12.5 Å². The number of aryl methyl sites for hydroxylation is 1. The Morgan fingerprint density at radius 3 is 2.68 bits per heavy atom. The van der Waals surface area contributed by atoms with Gasteiger partial charge in [-0.05, 0) is 50.3 Å². The fraction of sp³-hybridized carbons (Fsp3) is 0.611. The second-order valence-corrected chi connectivity index (χ2v) is 8.70. The molecule has 2 heterocycles. The van der Waals surface area contributed by atoms with Crippen LogP contribution < -0.4 is 5.32 Å². The lowest BCUT2D eigenvalue weighted by Crippen LogP contribution is -2.36. The first kappa shape index (κ1) is 18.4. The first-order chi connectivity index (χ1) is 12.0. The minimum atomic E-state index is -3.55. The minimum absolute atomic E-state index is 0.0611. The van der Waals surface area contributed by atoms with E-state index in [1.807, 2.05) is 0 Å². The zero-order valence-electron chi connectivity index (χ0n) is 14.7. The number of rotatable bonds is 5. The minimum Gasteiger partial charge on any atom is -0.376 e. The van der Waals surface area contributed by atoms with Gasteiger partial charge in [-0.15, -0.1) is 0 Å². The molecule has 2 aliphatic heterocycles. The highest BCUT2D eigenvalue weighted by atomic mass is 32.2. The van der Waals surface area contributed by atoms with Crippen molar-refractivity contribution in [1.29, 1.82) is 0 Å². The first-order valence-corrected chi connectivity index (χ1v) is 10.4. The number of amides is 1. The third kappa shape index (κ3) is 4.22. The zero-order chi connectivity index (χ0) is 17.9. The van der Waals surface area contributed by atoms with Gasteiger partial charge in [0, 0.05) is 31.8 Å². The van der Waals surface area contributed by atoms with E-state index in [0.29, 0.717) is 30.8 Å². The molecule has 0 saturated carbocycles. The van der Waals surface area contributed by atoms with Crippen LogP contribution in [0.2, 0.25) is 0 Å². The molecular weight excluding hydrogens is 340 g/mol. The average Bonchev–Trinajstić information content (AvgIpc) is 3.14. The predicted octanol–water partition coefficient (Wildman–Crippen LogP) is 2.08. The molecular formula is C18H26N2O4S. The SMILES string of the molecule is Cc1ccc(C(=O)NCC2CCCO2)cc1S(=O)(=O)N1CCCCC1. The molecule has 1 unspecified atom stereocenters. The van der Waals surface area contributed by atoms with Gasteiger partial charge in [0.2, 0.25) is 10.0 Å². The topological polar surface area (TPSA) is 75.7 Å². The van der Waals surface area contributed by atoms with E-state index in [1.54, 1.807) is 19.1 Å². The highest BCUT2D eigenvalue weighted by Crippen LogP contribution is 2.24. The van der Waals surface area contributed by atoms with Crippen molar-refractivity contribution in [2.75, 3.05) is 26.2 Å². The maximum Gasteiger partial charge on any atom is 0.251 e. The van der Waals surface area contributed by atoms with Gasteiger partial charge in [0.15, 0.2) is 0 Å². The molecule has 7 heteroatoms. The summed E-state index contributed by atoms with van der Waals surface area (Å²) >= 11 is 0. The summed E-state index contributed by atoms with van der Waals surface area (Å²) in [7, 11) is -3.55. The van der Waals surface area contributed by atoms with Gasteiger partial charge in [-0.2, -0.15) is 4.31 Å². The van der Waals surface area contributed by atoms with Gasteiger partial charge in [-0.3, -0.25) is 4.79 Å². The molecule has 0 aromatic heterocycles. The number of carbonyl (C=O) groups excluding carboxylic acids is 1. The van der Waals surface area contributed by atoms with Crippen LogP contribution in [0.25, 0.3) is 0 Å². The molecule has 3 rings (SSSR count). The number of carbonyl (C=O) groups is 1. The number of hydrogen-bond acceptors (Lipinski definition) is 4. The molecule has 1 aromatic rings. The van der Waals surface area contributed by atoms with Crippen LogP contribution in [0, 0.1) is 6.92 Å². The standard InChI is InChI=1S/C18H26N2O4S/c1-14-7-8-15(18(21)19-13-16-6-5-11-24-16)12-17(14)25(22,23)20-9-3-2-4-10-20/h7-8,12,16H,2-6,9-11,13H2,1H3,(H,19,21). The molecule has 2 fully saturated rings.